The van der Waals surface area contributed by atoms with E-state index in [1.807, 2.05) is 0 Å². The lowest BCUT2D eigenvalue weighted by molar-refractivity contribution is 0.316. The van der Waals surface area contributed by atoms with Crippen molar-refractivity contribution in [1.29, 1.82) is 0 Å². The third-order valence-electron chi connectivity index (χ3n) is 4.45. The van der Waals surface area contributed by atoms with Crippen molar-refractivity contribution in [2.75, 3.05) is 7.05 Å². The molecule has 2 heteroatoms. The Hall–Kier alpha value is -0.340. The van der Waals surface area contributed by atoms with Gasteiger partial charge in [0.2, 0.25) is 0 Å². The van der Waals surface area contributed by atoms with Gasteiger partial charge in [-0.1, -0.05) is 60.2 Å². The van der Waals surface area contributed by atoms with Crippen LogP contribution < -0.4 is 5.32 Å². The highest BCUT2D eigenvalue weighted by Crippen LogP contribution is 2.28. The molecule has 1 aromatic carbocycles. The van der Waals surface area contributed by atoms with Crippen LogP contribution in [0.1, 0.15) is 50.5 Å². The van der Waals surface area contributed by atoms with Gasteiger partial charge in [-0.25, -0.2) is 0 Å². The number of hydrogen-bond acceptors (Lipinski definition) is 1. The van der Waals surface area contributed by atoms with Crippen LogP contribution in [0.2, 0.25) is 0 Å². The van der Waals surface area contributed by atoms with Gasteiger partial charge in [-0.3, -0.25) is 0 Å². The van der Waals surface area contributed by atoms with E-state index >= 15 is 0 Å². The van der Waals surface area contributed by atoms with Crippen molar-refractivity contribution in [1.82, 2.24) is 5.32 Å². The second-order valence-electron chi connectivity index (χ2n) is 5.90. The molecule has 0 heterocycles. The number of likely N-dealkylation sites (N-methyl/N-ethyl adjacent to an activating group) is 1. The van der Waals surface area contributed by atoms with Crippen LogP contribution in [0.4, 0.5) is 0 Å². The number of hydrogen-bond donors (Lipinski definition) is 1. The molecular formula is C17H26BrN. The second kappa shape index (κ2) is 8.06. The molecule has 1 aromatic rings. The van der Waals surface area contributed by atoms with Gasteiger partial charge < -0.3 is 5.32 Å². The highest BCUT2D eigenvalue weighted by molar-refractivity contribution is 9.10. The van der Waals surface area contributed by atoms with Gasteiger partial charge in [-0.15, -0.1) is 0 Å². The molecule has 0 saturated heterocycles. The molecular weight excluding hydrogens is 298 g/mol. The molecule has 1 nitrogen and oxygen atoms in total. The normalized spacial score (nSPS) is 18.4. The van der Waals surface area contributed by atoms with Crippen molar-refractivity contribution in [3.8, 4) is 0 Å². The predicted octanol–water partition coefficient (Wildman–Crippen LogP) is 4.94. The highest BCUT2D eigenvalue weighted by Gasteiger charge is 2.15. The molecule has 1 fully saturated rings. The molecule has 1 aliphatic rings. The summed E-state index contributed by atoms with van der Waals surface area (Å²) in [7, 11) is 2.10. The zero-order valence-corrected chi connectivity index (χ0v) is 13.6. The highest BCUT2D eigenvalue weighted by atomic mass is 79.9. The summed E-state index contributed by atoms with van der Waals surface area (Å²) < 4.78 is 1.17. The monoisotopic (exact) mass is 323 g/mol. The fourth-order valence-corrected chi connectivity index (χ4v) is 3.43. The summed E-state index contributed by atoms with van der Waals surface area (Å²) >= 11 is 3.50. The smallest absolute Gasteiger partial charge is 0.0175 e. The van der Waals surface area contributed by atoms with Crippen LogP contribution in [0, 0.1) is 5.92 Å². The lowest BCUT2D eigenvalue weighted by Gasteiger charge is -2.24. The average molecular weight is 324 g/mol. The third kappa shape index (κ3) is 5.27. The fourth-order valence-electron chi connectivity index (χ4n) is 3.17. The van der Waals surface area contributed by atoms with E-state index in [9.17, 15) is 0 Å². The molecule has 2 rings (SSSR count). The maximum Gasteiger partial charge on any atom is 0.0175 e. The Morgan fingerprint density at radius 3 is 2.47 bits per heavy atom. The Balaban J connectivity index is 1.77. The molecule has 1 N–H and O–H groups in total. The van der Waals surface area contributed by atoms with Crippen molar-refractivity contribution >= 4 is 15.9 Å². The van der Waals surface area contributed by atoms with Crippen molar-refractivity contribution in [2.45, 2.75) is 57.4 Å². The van der Waals surface area contributed by atoms with E-state index in [0.717, 1.165) is 12.3 Å². The minimum atomic E-state index is 0.628. The van der Waals surface area contributed by atoms with E-state index in [0.29, 0.717) is 6.04 Å². The summed E-state index contributed by atoms with van der Waals surface area (Å²) in [5.74, 6) is 0.995. The molecule has 106 valence electrons. The molecule has 1 saturated carbocycles. The Morgan fingerprint density at radius 2 is 1.84 bits per heavy atom. The average Bonchev–Trinajstić information content (AvgIpc) is 2.46. The van der Waals surface area contributed by atoms with E-state index in [1.54, 1.807) is 0 Å². The van der Waals surface area contributed by atoms with Crippen LogP contribution in [0.5, 0.6) is 0 Å². The molecule has 0 radical (unpaired) electrons. The molecule has 0 aromatic heterocycles. The third-order valence-corrected chi connectivity index (χ3v) is 4.98. The van der Waals surface area contributed by atoms with E-state index < -0.39 is 0 Å². The van der Waals surface area contributed by atoms with Crippen molar-refractivity contribution < 1.29 is 0 Å². The number of rotatable bonds is 6. The molecule has 1 aliphatic carbocycles. The van der Waals surface area contributed by atoms with E-state index in [2.05, 4.69) is 52.6 Å². The van der Waals surface area contributed by atoms with Crippen molar-refractivity contribution in [3.63, 3.8) is 0 Å². The summed E-state index contributed by atoms with van der Waals surface area (Å²) in [6.07, 6.45) is 11.2. The van der Waals surface area contributed by atoms with Crippen LogP contribution in [0.25, 0.3) is 0 Å². The maximum atomic E-state index is 3.50. The lowest BCUT2D eigenvalue weighted by Crippen LogP contribution is -2.28. The van der Waals surface area contributed by atoms with Gasteiger partial charge in [0.15, 0.2) is 0 Å². The Kier molecular flexibility index (Phi) is 6.39. The van der Waals surface area contributed by atoms with Gasteiger partial charge in [0.25, 0.3) is 0 Å². The SMILES string of the molecule is CNC(CCC1CCCCC1)Cc1ccc(Br)cc1. The van der Waals surface area contributed by atoms with Crippen molar-refractivity contribution in [2.24, 2.45) is 5.92 Å². The molecule has 1 atom stereocenters. The quantitative estimate of drug-likeness (QED) is 0.781. The largest absolute Gasteiger partial charge is 0.317 e. The molecule has 1 unspecified atom stereocenters. The second-order valence-corrected chi connectivity index (χ2v) is 6.81. The fraction of sp³-hybridized carbons (Fsp3) is 0.647. The molecule has 0 aliphatic heterocycles. The number of halogens is 1. The van der Waals surface area contributed by atoms with Crippen LogP contribution in [-0.2, 0) is 6.42 Å². The summed E-state index contributed by atoms with van der Waals surface area (Å²) in [4.78, 5) is 0. The molecule has 19 heavy (non-hydrogen) atoms. The first-order valence-corrected chi connectivity index (χ1v) is 8.49. The first-order chi connectivity index (χ1) is 9.28. The van der Waals surface area contributed by atoms with Gasteiger partial charge in [-0.05, 0) is 49.9 Å². The van der Waals surface area contributed by atoms with E-state index in [-0.39, 0.29) is 0 Å². The van der Waals surface area contributed by atoms with E-state index in [4.69, 9.17) is 0 Å². The first kappa shape index (κ1) is 15.1. The predicted molar refractivity (Wildman–Crippen MR) is 86.5 cm³/mol. The van der Waals surface area contributed by atoms with Crippen LogP contribution in [-0.4, -0.2) is 13.1 Å². The van der Waals surface area contributed by atoms with Crippen LogP contribution in [0.3, 0.4) is 0 Å². The standard InChI is InChI=1S/C17H26BrN/c1-19-17(12-9-14-5-3-2-4-6-14)13-15-7-10-16(18)11-8-15/h7-8,10-11,14,17,19H,2-6,9,12-13H2,1H3. The lowest BCUT2D eigenvalue weighted by atomic mass is 9.84. The van der Waals surface area contributed by atoms with E-state index in [1.165, 1.54) is 55.0 Å². The zero-order valence-electron chi connectivity index (χ0n) is 12.0. The van der Waals surface area contributed by atoms with Crippen molar-refractivity contribution in [3.05, 3.63) is 34.3 Å². The molecule has 0 bridgehead atoms. The number of nitrogens with one attached hydrogen (secondary N) is 1. The maximum absolute atomic E-state index is 3.50. The minimum absolute atomic E-state index is 0.628. The van der Waals surface area contributed by atoms with Gasteiger partial charge in [0, 0.05) is 10.5 Å². The number of benzene rings is 1. The minimum Gasteiger partial charge on any atom is -0.317 e. The van der Waals surface area contributed by atoms with Gasteiger partial charge in [0.1, 0.15) is 0 Å². The topological polar surface area (TPSA) is 12.0 Å². The summed E-state index contributed by atoms with van der Waals surface area (Å²) in [6.45, 7) is 0. The summed E-state index contributed by atoms with van der Waals surface area (Å²) in [5.41, 5.74) is 1.44. The van der Waals surface area contributed by atoms with Gasteiger partial charge in [-0.2, -0.15) is 0 Å². The molecule has 0 spiro atoms. The summed E-state index contributed by atoms with van der Waals surface area (Å²) in [6, 6.07) is 9.37. The Morgan fingerprint density at radius 1 is 1.16 bits per heavy atom. The van der Waals surface area contributed by atoms with Gasteiger partial charge >= 0.3 is 0 Å². The Labute approximate surface area is 126 Å². The Bertz CT molecular complexity index is 354. The molecule has 0 amide bonds. The van der Waals surface area contributed by atoms with Crippen LogP contribution in [0.15, 0.2) is 28.7 Å². The first-order valence-electron chi connectivity index (χ1n) is 7.69. The van der Waals surface area contributed by atoms with Gasteiger partial charge in [0.05, 0.1) is 0 Å². The summed E-state index contributed by atoms with van der Waals surface area (Å²) in [5, 5.41) is 3.49. The van der Waals surface area contributed by atoms with Crippen LogP contribution >= 0.6 is 15.9 Å². The zero-order chi connectivity index (χ0) is 13.5.